The monoisotopic (exact) mass is 333 g/mol. The molecule has 2 aromatic heterocycles. The predicted molar refractivity (Wildman–Crippen MR) is 92.1 cm³/mol. The normalized spacial score (nSPS) is 11.0. The van der Waals surface area contributed by atoms with Gasteiger partial charge in [0, 0.05) is 17.7 Å². The minimum absolute atomic E-state index is 0.908. The van der Waals surface area contributed by atoms with Crippen LogP contribution in [0, 0.1) is 0 Å². The molecule has 21 heavy (non-hydrogen) atoms. The molecule has 0 aliphatic heterocycles. The van der Waals surface area contributed by atoms with Crippen molar-refractivity contribution in [3.8, 4) is 10.7 Å². The third-order valence-corrected chi connectivity index (χ3v) is 5.80. The zero-order valence-corrected chi connectivity index (χ0v) is 14.3. The van der Waals surface area contributed by atoms with Crippen LogP contribution in [0.25, 0.3) is 10.7 Å². The van der Waals surface area contributed by atoms with Gasteiger partial charge in [0.2, 0.25) is 0 Å². The summed E-state index contributed by atoms with van der Waals surface area (Å²) < 4.78 is 2.06. The van der Waals surface area contributed by atoms with Gasteiger partial charge in [-0.05, 0) is 35.4 Å². The molecule has 0 N–H and O–H groups in total. The fourth-order valence-electron chi connectivity index (χ4n) is 1.93. The van der Waals surface area contributed by atoms with E-state index in [2.05, 4.69) is 56.7 Å². The van der Waals surface area contributed by atoms with Gasteiger partial charge in [0.1, 0.15) is 0 Å². The highest BCUT2D eigenvalue weighted by Gasteiger charge is 2.11. The Balaban J connectivity index is 1.70. The van der Waals surface area contributed by atoms with Crippen molar-refractivity contribution in [1.29, 1.82) is 0 Å². The predicted octanol–water partition coefficient (Wildman–Crippen LogP) is 4.56. The highest BCUT2D eigenvalue weighted by atomic mass is 32.2. The highest BCUT2D eigenvalue weighted by Crippen LogP contribution is 2.28. The Morgan fingerprint density at radius 2 is 1.95 bits per heavy atom. The standard InChI is InChI=1S/C15H15N3S3/c1-18-14(13-4-3-9-20-13)16-17-15(18)21-10-11-5-7-12(19-2)8-6-11/h3-9H,10H2,1-2H3. The minimum atomic E-state index is 0.908. The van der Waals surface area contributed by atoms with Crippen LogP contribution in [0.5, 0.6) is 0 Å². The largest absolute Gasteiger partial charge is 0.304 e. The van der Waals surface area contributed by atoms with E-state index in [1.54, 1.807) is 34.9 Å². The summed E-state index contributed by atoms with van der Waals surface area (Å²) in [6.45, 7) is 0. The molecule has 0 amide bonds. The lowest BCUT2D eigenvalue weighted by Crippen LogP contribution is -1.93. The number of hydrogen-bond donors (Lipinski definition) is 0. The van der Waals surface area contributed by atoms with E-state index < -0.39 is 0 Å². The molecular formula is C15H15N3S3. The van der Waals surface area contributed by atoms with Crippen LogP contribution in [-0.2, 0) is 12.8 Å². The van der Waals surface area contributed by atoms with Crippen molar-refractivity contribution in [2.75, 3.05) is 6.26 Å². The summed E-state index contributed by atoms with van der Waals surface area (Å²) in [6.07, 6.45) is 2.09. The molecule has 0 spiro atoms. The fraction of sp³-hybridized carbons (Fsp3) is 0.200. The number of thiophene rings is 1. The van der Waals surface area contributed by atoms with Crippen molar-refractivity contribution in [1.82, 2.24) is 14.8 Å². The maximum absolute atomic E-state index is 4.30. The Morgan fingerprint density at radius 1 is 1.14 bits per heavy atom. The molecule has 0 saturated carbocycles. The molecule has 0 radical (unpaired) electrons. The van der Waals surface area contributed by atoms with Crippen molar-refractivity contribution >= 4 is 34.9 Å². The zero-order chi connectivity index (χ0) is 14.7. The Hall–Kier alpha value is -1.24. The number of thioether (sulfide) groups is 2. The van der Waals surface area contributed by atoms with Crippen molar-refractivity contribution in [2.24, 2.45) is 7.05 Å². The molecule has 108 valence electrons. The number of aromatic nitrogens is 3. The van der Waals surface area contributed by atoms with Crippen molar-refractivity contribution in [3.05, 3.63) is 47.3 Å². The van der Waals surface area contributed by atoms with Crippen molar-refractivity contribution in [2.45, 2.75) is 15.8 Å². The number of benzene rings is 1. The van der Waals surface area contributed by atoms with Gasteiger partial charge < -0.3 is 4.57 Å². The van der Waals surface area contributed by atoms with Gasteiger partial charge in [0.05, 0.1) is 4.88 Å². The first-order valence-electron chi connectivity index (χ1n) is 6.47. The van der Waals surface area contributed by atoms with Gasteiger partial charge in [-0.2, -0.15) is 0 Å². The lowest BCUT2D eigenvalue weighted by Gasteiger charge is -2.03. The van der Waals surface area contributed by atoms with Crippen molar-refractivity contribution < 1.29 is 0 Å². The summed E-state index contributed by atoms with van der Waals surface area (Å²) in [6, 6.07) is 12.8. The van der Waals surface area contributed by atoms with E-state index in [0.29, 0.717) is 0 Å². The van der Waals surface area contributed by atoms with Crippen LogP contribution < -0.4 is 0 Å². The first-order valence-corrected chi connectivity index (χ1v) is 9.56. The van der Waals surface area contributed by atoms with E-state index >= 15 is 0 Å². The molecule has 3 nitrogen and oxygen atoms in total. The summed E-state index contributed by atoms with van der Waals surface area (Å²) in [4.78, 5) is 2.45. The Bertz CT molecular complexity index is 702. The molecule has 0 aliphatic rings. The first-order chi connectivity index (χ1) is 10.3. The van der Waals surface area contributed by atoms with Gasteiger partial charge in [-0.1, -0.05) is 30.0 Å². The second-order valence-corrected chi connectivity index (χ2v) is 7.25. The molecule has 0 atom stereocenters. The van der Waals surface area contributed by atoms with Gasteiger partial charge >= 0.3 is 0 Å². The average Bonchev–Trinajstić information content (AvgIpc) is 3.15. The third-order valence-electron chi connectivity index (χ3n) is 3.10. The first kappa shape index (κ1) is 14.7. The smallest absolute Gasteiger partial charge is 0.191 e. The molecule has 2 heterocycles. The summed E-state index contributed by atoms with van der Waals surface area (Å²) >= 11 is 5.17. The van der Waals surface area contributed by atoms with E-state index in [1.165, 1.54) is 10.5 Å². The number of hydrogen-bond acceptors (Lipinski definition) is 5. The maximum Gasteiger partial charge on any atom is 0.191 e. The van der Waals surface area contributed by atoms with E-state index in [0.717, 1.165) is 21.6 Å². The second-order valence-electron chi connectivity index (χ2n) is 4.48. The van der Waals surface area contributed by atoms with E-state index in [4.69, 9.17) is 0 Å². The number of nitrogens with zero attached hydrogens (tertiary/aromatic N) is 3. The summed E-state index contributed by atoms with van der Waals surface area (Å²) in [5, 5.41) is 11.6. The van der Waals surface area contributed by atoms with Crippen LogP contribution >= 0.6 is 34.9 Å². The molecule has 0 fully saturated rings. The van der Waals surface area contributed by atoms with Crippen LogP contribution in [0.3, 0.4) is 0 Å². The zero-order valence-electron chi connectivity index (χ0n) is 11.8. The lowest BCUT2D eigenvalue weighted by atomic mass is 10.2. The maximum atomic E-state index is 4.30. The van der Waals surface area contributed by atoms with Gasteiger partial charge in [-0.25, -0.2) is 0 Å². The van der Waals surface area contributed by atoms with Crippen LogP contribution in [0.15, 0.2) is 51.8 Å². The van der Waals surface area contributed by atoms with Crippen LogP contribution in [0.1, 0.15) is 5.56 Å². The molecule has 3 rings (SSSR count). The Labute approximate surface area is 136 Å². The van der Waals surface area contributed by atoms with Crippen LogP contribution in [0.4, 0.5) is 0 Å². The van der Waals surface area contributed by atoms with Crippen LogP contribution in [-0.4, -0.2) is 21.0 Å². The van der Waals surface area contributed by atoms with E-state index in [-0.39, 0.29) is 0 Å². The van der Waals surface area contributed by atoms with Gasteiger partial charge in [-0.15, -0.1) is 33.3 Å². The van der Waals surface area contributed by atoms with Gasteiger partial charge in [0.25, 0.3) is 0 Å². The van der Waals surface area contributed by atoms with E-state index in [9.17, 15) is 0 Å². The van der Waals surface area contributed by atoms with E-state index in [1.807, 2.05) is 13.1 Å². The molecule has 0 aliphatic carbocycles. The highest BCUT2D eigenvalue weighted by molar-refractivity contribution is 7.98. The third kappa shape index (κ3) is 3.33. The summed E-state index contributed by atoms with van der Waals surface area (Å²) in [7, 11) is 2.02. The number of rotatable bonds is 5. The molecule has 1 aromatic carbocycles. The SMILES string of the molecule is CSc1ccc(CSc2nnc(-c3cccs3)n2C)cc1. The average molecular weight is 334 g/mol. The topological polar surface area (TPSA) is 30.7 Å². The van der Waals surface area contributed by atoms with Crippen molar-refractivity contribution in [3.63, 3.8) is 0 Å². The molecule has 0 saturated heterocycles. The van der Waals surface area contributed by atoms with Gasteiger partial charge in [-0.3, -0.25) is 0 Å². The Kier molecular flexibility index (Phi) is 4.67. The molecule has 3 aromatic rings. The van der Waals surface area contributed by atoms with Gasteiger partial charge in [0.15, 0.2) is 11.0 Å². The van der Waals surface area contributed by atoms with Crippen LogP contribution in [0.2, 0.25) is 0 Å². The molecule has 0 bridgehead atoms. The summed E-state index contributed by atoms with van der Waals surface area (Å²) in [5.41, 5.74) is 1.30. The Morgan fingerprint density at radius 3 is 2.62 bits per heavy atom. The second kappa shape index (κ2) is 6.68. The molecule has 0 unspecified atom stereocenters. The fourth-order valence-corrected chi connectivity index (χ4v) is 3.95. The quantitative estimate of drug-likeness (QED) is 0.641. The minimum Gasteiger partial charge on any atom is -0.304 e. The molecular weight excluding hydrogens is 318 g/mol. The molecule has 6 heteroatoms. The summed E-state index contributed by atoms with van der Waals surface area (Å²) in [5.74, 6) is 1.84. The lowest BCUT2D eigenvalue weighted by molar-refractivity contribution is 0.794.